The molecule has 1 atom stereocenters. The van der Waals surface area contributed by atoms with Crippen molar-refractivity contribution in [2.45, 2.75) is 24.8 Å². The summed E-state index contributed by atoms with van der Waals surface area (Å²) in [7, 11) is -0.796. The fourth-order valence-electron chi connectivity index (χ4n) is 3.31. The molecule has 31 heavy (non-hydrogen) atoms. The molecule has 0 spiro atoms. The summed E-state index contributed by atoms with van der Waals surface area (Å²) in [5.41, 5.74) is 2.36. The second kappa shape index (κ2) is 9.22. The second-order valence-corrected chi connectivity index (χ2v) is 9.21. The first-order chi connectivity index (χ1) is 14.8. The minimum absolute atomic E-state index is 0.165. The average Bonchev–Trinajstić information content (AvgIpc) is 2.78. The maximum Gasteiger partial charge on any atom is 0.264 e. The van der Waals surface area contributed by atoms with Crippen LogP contribution in [0.2, 0.25) is 0 Å². The number of carbonyl (C=O) groups excluding carboxylic acids is 1. The van der Waals surface area contributed by atoms with Crippen molar-refractivity contribution in [1.29, 1.82) is 0 Å². The van der Waals surface area contributed by atoms with E-state index in [-0.39, 0.29) is 22.4 Å². The van der Waals surface area contributed by atoms with Crippen LogP contribution in [0.1, 0.15) is 34.5 Å². The summed E-state index contributed by atoms with van der Waals surface area (Å²) in [4.78, 5) is 13.3. The van der Waals surface area contributed by atoms with E-state index >= 15 is 0 Å². The first-order valence-electron chi connectivity index (χ1n) is 9.84. The van der Waals surface area contributed by atoms with Gasteiger partial charge in [0.1, 0.15) is 5.75 Å². The predicted octanol–water partition coefficient (Wildman–Crippen LogP) is 4.32. The van der Waals surface area contributed by atoms with Gasteiger partial charge in [-0.2, -0.15) is 0 Å². The molecule has 162 valence electrons. The monoisotopic (exact) mass is 438 g/mol. The van der Waals surface area contributed by atoms with Gasteiger partial charge in [-0.1, -0.05) is 48.0 Å². The third-order valence-corrected chi connectivity index (χ3v) is 6.91. The molecular weight excluding hydrogens is 412 g/mol. The van der Waals surface area contributed by atoms with E-state index in [2.05, 4.69) is 5.32 Å². The number of methoxy groups -OCH3 is 1. The van der Waals surface area contributed by atoms with Crippen LogP contribution in [-0.2, 0) is 10.0 Å². The smallest absolute Gasteiger partial charge is 0.264 e. The second-order valence-electron chi connectivity index (χ2n) is 7.24. The number of anilines is 1. The Morgan fingerprint density at radius 2 is 1.58 bits per heavy atom. The number of nitrogens with zero attached hydrogens (tertiary/aromatic N) is 1. The molecule has 0 heterocycles. The predicted molar refractivity (Wildman–Crippen MR) is 122 cm³/mol. The van der Waals surface area contributed by atoms with Gasteiger partial charge < -0.3 is 10.1 Å². The van der Waals surface area contributed by atoms with Crippen LogP contribution in [0.15, 0.2) is 77.7 Å². The number of rotatable bonds is 7. The lowest BCUT2D eigenvalue weighted by atomic mass is 10.1. The van der Waals surface area contributed by atoms with Gasteiger partial charge in [0.05, 0.1) is 29.3 Å². The van der Waals surface area contributed by atoms with Crippen molar-refractivity contribution >= 4 is 21.6 Å². The lowest BCUT2D eigenvalue weighted by Gasteiger charge is -2.23. The zero-order chi connectivity index (χ0) is 22.6. The normalized spacial score (nSPS) is 12.1. The zero-order valence-electron chi connectivity index (χ0n) is 18.0. The van der Waals surface area contributed by atoms with Gasteiger partial charge in [-0.25, -0.2) is 8.42 Å². The van der Waals surface area contributed by atoms with E-state index in [1.165, 1.54) is 7.05 Å². The van der Waals surface area contributed by atoms with Gasteiger partial charge >= 0.3 is 0 Å². The molecule has 3 aromatic rings. The lowest BCUT2D eigenvalue weighted by Crippen LogP contribution is -2.32. The zero-order valence-corrected chi connectivity index (χ0v) is 18.8. The van der Waals surface area contributed by atoms with Crippen molar-refractivity contribution in [3.05, 3.63) is 89.5 Å². The van der Waals surface area contributed by atoms with Gasteiger partial charge in [-0.05, 0) is 44.2 Å². The van der Waals surface area contributed by atoms with E-state index in [1.807, 2.05) is 38.1 Å². The molecule has 0 fully saturated rings. The van der Waals surface area contributed by atoms with Crippen molar-refractivity contribution < 1.29 is 17.9 Å². The number of hydrogen-bond donors (Lipinski definition) is 1. The Balaban J connectivity index is 1.90. The first-order valence-corrected chi connectivity index (χ1v) is 11.3. The van der Waals surface area contributed by atoms with Crippen LogP contribution in [-0.4, -0.2) is 28.5 Å². The molecule has 0 saturated heterocycles. The van der Waals surface area contributed by atoms with Gasteiger partial charge in [-0.15, -0.1) is 0 Å². The summed E-state index contributed by atoms with van der Waals surface area (Å²) in [6, 6.07) is 20.4. The molecule has 0 aliphatic heterocycles. The third kappa shape index (κ3) is 4.72. The van der Waals surface area contributed by atoms with E-state index < -0.39 is 10.0 Å². The van der Waals surface area contributed by atoms with Crippen molar-refractivity contribution in [1.82, 2.24) is 5.32 Å². The van der Waals surface area contributed by atoms with Crippen LogP contribution in [0.5, 0.6) is 5.75 Å². The van der Waals surface area contributed by atoms with E-state index in [9.17, 15) is 13.2 Å². The molecule has 0 radical (unpaired) electrons. The number of benzene rings is 3. The maximum atomic E-state index is 13.1. The van der Waals surface area contributed by atoms with E-state index in [4.69, 9.17) is 4.74 Å². The van der Waals surface area contributed by atoms with Gasteiger partial charge in [0, 0.05) is 12.6 Å². The average molecular weight is 439 g/mol. The molecule has 3 aromatic carbocycles. The van der Waals surface area contributed by atoms with Gasteiger partial charge in [-0.3, -0.25) is 9.10 Å². The van der Waals surface area contributed by atoms with Gasteiger partial charge in [0.2, 0.25) is 0 Å². The molecule has 0 saturated carbocycles. The number of nitrogens with one attached hydrogen (secondary N) is 1. The summed E-state index contributed by atoms with van der Waals surface area (Å²) in [5, 5.41) is 2.94. The number of ether oxygens (including phenoxy) is 1. The fraction of sp³-hybridized carbons (Fsp3) is 0.208. The van der Waals surface area contributed by atoms with Crippen LogP contribution in [0.3, 0.4) is 0 Å². The maximum absolute atomic E-state index is 13.1. The highest BCUT2D eigenvalue weighted by Gasteiger charge is 2.25. The van der Waals surface area contributed by atoms with Crippen LogP contribution < -0.4 is 14.4 Å². The van der Waals surface area contributed by atoms with Crippen LogP contribution in [0, 0.1) is 6.92 Å². The van der Waals surface area contributed by atoms with Crippen molar-refractivity contribution in [2.75, 3.05) is 18.5 Å². The molecule has 0 aliphatic carbocycles. The lowest BCUT2D eigenvalue weighted by molar-refractivity contribution is 0.0940. The molecule has 7 heteroatoms. The SMILES string of the molecule is COc1ccccc1C(C)NC(=O)c1ccccc1N(C)S(=O)(=O)c1ccc(C)cc1. The standard InChI is InChI=1S/C24H26N2O4S/c1-17-13-15-19(16-14-17)31(28,29)26(3)22-11-7-5-10-21(22)24(27)25-18(2)20-9-6-8-12-23(20)30-4/h5-16,18H,1-4H3,(H,25,27). The fourth-order valence-corrected chi connectivity index (χ4v) is 4.53. The molecule has 0 aliphatic rings. The van der Waals surface area contributed by atoms with Gasteiger partial charge in [0.15, 0.2) is 0 Å². The number of sulfonamides is 1. The van der Waals surface area contributed by atoms with Crippen LogP contribution in [0.4, 0.5) is 5.69 Å². The molecule has 1 N–H and O–H groups in total. The minimum atomic E-state index is -3.82. The Hall–Kier alpha value is -3.32. The number of amides is 1. The van der Waals surface area contributed by atoms with Gasteiger partial charge in [0.25, 0.3) is 15.9 Å². The molecule has 6 nitrogen and oxygen atoms in total. The molecular formula is C24H26N2O4S. The minimum Gasteiger partial charge on any atom is -0.496 e. The molecule has 3 rings (SSSR count). The summed E-state index contributed by atoms with van der Waals surface area (Å²) < 4.78 is 32.8. The Kier molecular flexibility index (Phi) is 6.65. The Labute approximate surface area is 183 Å². The molecule has 1 unspecified atom stereocenters. The largest absolute Gasteiger partial charge is 0.496 e. The number of hydrogen-bond acceptors (Lipinski definition) is 4. The topological polar surface area (TPSA) is 75.7 Å². The molecule has 0 aromatic heterocycles. The van der Waals surface area contributed by atoms with Crippen molar-refractivity contribution in [2.24, 2.45) is 0 Å². The number of aryl methyl sites for hydroxylation is 1. The summed E-state index contributed by atoms with van der Waals surface area (Å²) in [6.45, 7) is 3.74. The van der Waals surface area contributed by atoms with Crippen molar-refractivity contribution in [3.8, 4) is 5.75 Å². The number of para-hydroxylation sites is 2. The quantitative estimate of drug-likeness (QED) is 0.596. The highest BCUT2D eigenvalue weighted by molar-refractivity contribution is 7.92. The Morgan fingerprint density at radius 1 is 0.968 bits per heavy atom. The van der Waals surface area contributed by atoms with Crippen molar-refractivity contribution in [3.63, 3.8) is 0 Å². The highest BCUT2D eigenvalue weighted by atomic mass is 32.2. The third-order valence-electron chi connectivity index (χ3n) is 5.12. The van der Waals surface area contributed by atoms with E-state index in [1.54, 1.807) is 55.6 Å². The van der Waals surface area contributed by atoms with E-state index in [0.717, 1.165) is 15.4 Å². The summed E-state index contributed by atoms with van der Waals surface area (Å²) >= 11 is 0. The van der Waals surface area contributed by atoms with Crippen LogP contribution >= 0.6 is 0 Å². The Bertz CT molecular complexity index is 1170. The Morgan fingerprint density at radius 3 is 2.26 bits per heavy atom. The van der Waals surface area contributed by atoms with Crippen LogP contribution in [0.25, 0.3) is 0 Å². The first kappa shape index (κ1) is 22.4. The summed E-state index contributed by atoms with van der Waals surface area (Å²) in [5.74, 6) is 0.294. The molecule has 1 amide bonds. The number of carbonyl (C=O) groups is 1. The molecule has 0 bridgehead atoms. The summed E-state index contributed by atoms with van der Waals surface area (Å²) in [6.07, 6.45) is 0. The van der Waals surface area contributed by atoms with E-state index in [0.29, 0.717) is 11.4 Å². The highest BCUT2D eigenvalue weighted by Crippen LogP contribution is 2.28.